The Balaban J connectivity index is 1.61. The highest BCUT2D eigenvalue weighted by Gasteiger charge is 2.29. The summed E-state index contributed by atoms with van der Waals surface area (Å²) in [7, 11) is 0. The predicted molar refractivity (Wildman–Crippen MR) is 57.8 cm³/mol. The maximum atomic E-state index is 5.47. The maximum absolute atomic E-state index is 5.47. The Bertz CT molecular complexity index is 464. The van der Waals surface area contributed by atoms with Crippen molar-refractivity contribution in [3.63, 3.8) is 0 Å². The van der Waals surface area contributed by atoms with Gasteiger partial charge in [-0.2, -0.15) is 0 Å². The van der Waals surface area contributed by atoms with Gasteiger partial charge in [0.05, 0.1) is 12.2 Å². The molecule has 1 fully saturated rings. The van der Waals surface area contributed by atoms with Gasteiger partial charge >= 0.3 is 6.01 Å². The first kappa shape index (κ1) is 9.33. The fraction of sp³-hybridized carbons (Fsp3) is 0.364. The number of nitrogens with zero attached hydrogens (tertiary/aromatic N) is 3. The molecular weight excluding hydrogens is 204 g/mol. The fourth-order valence-electron chi connectivity index (χ4n) is 1.47. The third-order valence-corrected chi connectivity index (χ3v) is 2.51. The van der Waals surface area contributed by atoms with E-state index in [1.165, 1.54) is 12.8 Å². The molecule has 5 heteroatoms. The van der Waals surface area contributed by atoms with Crippen LogP contribution in [0.3, 0.4) is 0 Å². The highest BCUT2D eigenvalue weighted by molar-refractivity contribution is 5.20. The largest absolute Gasteiger partial charge is 0.408 e. The Morgan fingerprint density at radius 3 is 3.00 bits per heavy atom. The molecule has 0 atom stereocenters. The molecule has 3 rings (SSSR count). The summed E-state index contributed by atoms with van der Waals surface area (Å²) in [5.74, 6) is 1.25. The minimum Gasteiger partial charge on any atom is -0.408 e. The van der Waals surface area contributed by atoms with E-state index in [-0.39, 0.29) is 0 Å². The molecule has 2 heterocycles. The Labute approximate surface area is 92.9 Å². The van der Waals surface area contributed by atoms with Crippen LogP contribution >= 0.6 is 0 Å². The summed E-state index contributed by atoms with van der Waals surface area (Å²) < 4.78 is 5.47. The molecule has 1 N–H and O–H groups in total. The Kier molecular flexibility index (Phi) is 2.29. The second-order valence-corrected chi connectivity index (χ2v) is 3.89. The number of pyridine rings is 1. The summed E-state index contributed by atoms with van der Waals surface area (Å²) in [6.07, 6.45) is 4.10. The van der Waals surface area contributed by atoms with E-state index in [0.29, 0.717) is 18.5 Å². The van der Waals surface area contributed by atoms with Crippen LogP contribution in [-0.2, 0) is 6.54 Å². The molecule has 2 aromatic rings. The minimum atomic E-state index is 0.479. The molecule has 0 bridgehead atoms. The van der Waals surface area contributed by atoms with E-state index >= 15 is 0 Å². The first-order valence-electron chi connectivity index (χ1n) is 5.39. The fourth-order valence-corrected chi connectivity index (χ4v) is 1.47. The molecule has 2 aromatic heterocycles. The third kappa shape index (κ3) is 2.03. The van der Waals surface area contributed by atoms with Gasteiger partial charge in [-0.15, -0.1) is 5.10 Å². The number of anilines is 1. The number of rotatable bonds is 4. The molecule has 5 nitrogen and oxygen atoms in total. The predicted octanol–water partition coefficient (Wildman–Crippen LogP) is 1.95. The Morgan fingerprint density at radius 2 is 2.25 bits per heavy atom. The molecule has 0 amide bonds. The Morgan fingerprint density at radius 1 is 1.31 bits per heavy atom. The molecule has 0 radical (unpaired) electrons. The molecule has 82 valence electrons. The summed E-state index contributed by atoms with van der Waals surface area (Å²) in [6, 6.07) is 6.27. The van der Waals surface area contributed by atoms with Gasteiger partial charge < -0.3 is 9.73 Å². The van der Waals surface area contributed by atoms with Crippen LogP contribution in [0.2, 0.25) is 0 Å². The van der Waals surface area contributed by atoms with Crippen LogP contribution in [-0.4, -0.2) is 15.2 Å². The summed E-state index contributed by atoms with van der Waals surface area (Å²) in [4.78, 5) is 4.20. The number of aromatic nitrogens is 3. The van der Waals surface area contributed by atoms with Gasteiger partial charge in [-0.25, -0.2) is 0 Å². The van der Waals surface area contributed by atoms with E-state index in [0.717, 1.165) is 11.6 Å². The van der Waals surface area contributed by atoms with Crippen LogP contribution in [0.5, 0.6) is 0 Å². The van der Waals surface area contributed by atoms with Crippen molar-refractivity contribution in [2.24, 2.45) is 0 Å². The lowest BCUT2D eigenvalue weighted by Gasteiger charge is -1.99. The van der Waals surface area contributed by atoms with Crippen molar-refractivity contribution < 1.29 is 4.42 Å². The van der Waals surface area contributed by atoms with E-state index in [1.807, 2.05) is 18.2 Å². The second kappa shape index (κ2) is 3.92. The Hall–Kier alpha value is -1.91. The van der Waals surface area contributed by atoms with Gasteiger partial charge in [-0.3, -0.25) is 4.98 Å². The molecule has 0 saturated heterocycles. The molecule has 16 heavy (non-hydrogen) atoms. The van der Waals surface area contributed by atoms with Crippen LogP contribution in [0.4, 0.5) is 6.01 Å². The van der Waals surface area contributed by atoms with Crippen molar-refractivity contribution in [3.8, 4) is 0 Å². The summed E-state index contributed by atoms with van der Waals surface area (Å²) in [6.45, 7) is 0.604. The van der Waals surface area contributed by atoms with Gasteiger partial charge in [-0.1, -0.05) is 11.2 Å². The number of hydrogen-bond acceptors (Lipinski definition) is 5. The van der Waals surface area contributed by atoms with Crippen molar-refractivity contribution in [1.29, 1.82) is 0 Å². The topological polar surface area (TPSA) is 63.8 Å². The lowest BCUT2D eigenvalue weighted by Crippen LogP contribution is -2.01. The smallest absolute Gasteiger partial charge is 0.315 e. The third-order valence-electron chi connectivity index (χ3n) is 2.51. The zero-order valence-corrected chi connectivity index (χ0v) is 8.76. The summed E-state index contributed by atoms with van der Waals surface area (Å²) in [5.41, 5.74) is 0.952. The van der Waals surface area contributed by atoms with Crippen molar-refractivity contribution >= 4 is 6.01 Å². The van der Waals surface area contributed by atoms with Gasteiger partial charge in [0.1, 0.15) is 0 Å². The zero-order valence-electron chi connectivity index (χ0n) is 8.76. The lowest BCUT2D eigenvalue weighted by atomic mass is 10.3. The van der Waals surface area contributed by atoms with E-state index < -0.39 is 0 Å². The molecule has 0 unspecified atom stereocenters. The van der Waals surface area contributed by atoms with E-state index in [4.69, 9.17) is 4.42 Å². The van der Waals surface area contributed by atoms with E-state index in [9.17, 15) is 0 Å². The molecule has 0 spiro atoms. The molecule has 1 aliphatic carbocycles. The molecular formula is C11H12N4O. The number of hydrogen-bond donors (Lipinski definition) is 1. The standard InChI is InChI=1S/C11H12N4O/c1-2-6-12-9(3-1)7-13-11-15-14-10(16-11)8-4-5-8/h1-3,6,8H,4-5,7H2,(H,13,15). The summed E-state index contributed by atoms with van der Waals surface area (Å²) in [5, 5.41) is 11.0. The second-order valence-electron chi connectivity index (χ2n) is 3.89. The molecule has 1 aliphatic rings. The monoisotopic (exact) mass is 216 g/mol. The van der Waals surface area contributed by atoms with Crippen LogP contribution in [0.25, 0.3) is 0 Å². The van der Waals surface area contributed by atoms with E-state index in [1.54, 1.807) is 6.20 Å². The van der Waals surface area contributed by atoms with Crippen LogP contribution in [0, 0.1) is 0 Å². The van der Waals surface area contributed by atoms with Gasteiger partial charge in [0.25, 0.3) is 0 Å². The molecule has 0 aliphatic heterocycles. The van der Waals surface area contributed by atoms with Crippen molar-refractivity contribution in [3.05, 3.63) is 36.0 Å². The van der Waals surface area contributed by atoms with Gasteiger partial charge in [-0.05, 0) is 25.0 Å². The SMILES string of the molecule is c1ccc(CNc2nnc(C3CC3)o2)nc1. The van der Waals surface area contributed by atoms with Crippen LogP contribution < -0.4 is 5.32 Å². The van der Waals surface area contributed by atoms with Crippen LogP contribution in [0.15, 0.2) is 28.8 Å². The highest BCUT2D eigenvalue weighted by atomic mass is 16.4. The van der Waals surface area contributed by atoms with E-state index in [2.05, 4.69) is 20.5 Å². The van der Waals surface area contributed by atoms with Crippen LogP contribution in [0.1, 0.15) is 30.3 Å². The average Bonchev–Trinajstić information content (AvgIpc) is 3.08. The van der Waals surface area contributed by atoms with Crippen molar-refractivity contribution in [2.75, 3.05) is 5.32 Å². The van der Waals surface area contributed by atoms with Gasteiger partial charge in [0.15, 0.2) is 0 Å². The lowest BCUT2D eigenvalue weighted by molar-refractivity contribution is 0.506. The van der Waals surface area contributed by atoms with Gasteiger partial charge in [0.2, 0.25) is 5.89 Å². The number of nitrogens with one attached hydrogen (secondary N) is 1. The maximum Gasteiger partial charge on any atom is 0.315 e. The highest BCUT2D eigenvalue weighted by Crippen LogP contribution is 2.39. The first-order valence-corrected chi connectivity index (χ1v) is 5.39. The van der Waals surface area contributed by atoms with Crippen molar-refractivity contribution in [1.82, 2.24) is 15.2 Å². The zero-order chi connectivity index (χ0) is 10.8. The molecule has 1 saturated carbocycles. The average molecular weight is 216 g/mol. The first-order chi connectivity index (χ1) is 7.92. The van der Waals surface area contributed by atoms with Crippen molar-refractivity contribution in [2.45, 2.75) is 25.3 Å². The normalized spacial score (nSPS) is 15.0. The molecule has 0 aromatic carbocycles. The van der Waals surface area contributed by atoms with Gasteiger partial charge in [0, 0.05) is 12.1 Å². The minimum absolute atomic E-state index is 0.479. The summed E-state index contributed by atoms with van der Waals surface area (Å²) >= 11 is 0. The quantitative estimate of drug-likeness (QED) is 0.846.